The van der Waals surface area contributed by atoms with E-state index in [1.807, 2.05) is 13.0 Å². The lowest BCUT2D eigenvalue weighted by molar-refractivity contribution is 0.282. The smallest absolute Gasteiger partial charge is 0.301 e. The second-order valence-electron chi connectivity index (χ2n) is 5.13. The van der Waals surface area contributed by atoms with Gasteiger partial charge in [0.25, 0.3) is 0 Å². The third kappa shape index (κ3) is 3.21. The summed E-state index contributed by atoms with van der Waals surface area (Å²) in [7, 11) is -3.62. The van der Waals surface area contributed by atoms with E-state index in [4.69, 9.17) is 11.0 Å². The summed E-state index contributed by atoms with van der Waals surface area (Å²) in [6.45, 7) is 3.05. The number of nitrogens with two attached hydrogens (primary N) is 1. The summed E-state index contributed by atoms with van der Waals surface area (Å²) >= 11 is 0. The zero-order valence-corrected chi connectivity index (χ0v) is 12.2. The van der Waals surface area contributed by atoms with Crippen molar-refractivity contribution in [1.29, 1.82) is 5.26 Å². The zero-order chi connectivity index (χ0) is 14.8. The summed E-state index contributed by atoms with van der Waals surface area (Å²) in [4.78, 5) is 0. The van der Waals surface area contributed by atoms with Crippen LogP contribution in [0.3, 0.4) is 0 Å². The van der Waals surface area contributed by atoms with Crippen LogP contribution >= 0.6 is 0 Å². The van der Waals surface area contributed by atoms with E-state index < -0.39 is 10.2 Å². The average Bonchev–Trinajstić information content (AvgIpc) is 2.40. The van der Waals surface area contributed by atoms with Gasteiger partial charge in [0.15, 0.2) is 0 Å². The molecule has 20 heavy (non-hydrogen) atoms. The molecule has 1 saturated heterocycles. The predicted octanol–water partition coefficient (Wildman–Crippen LogP) is 1.53. The molecule has 0 radical (unpaired) electrons. The normalized spacial score (nSPS) is 20.3. The fourth-order valence-electron chi connectivity index (χ4n) is 2.31. The van der Waals surface area contributed by atoms with Crippen molar-refractivity contribution in [3.63, 3.8) is 0 Å². The number of nitrogens with zero attached hydrogens (tertiary/aromatic N) is 2. The summed E-state index contributed by atoms with van der Waals surface area (Å²) in [6, 6.07) is 6.48. The fraction of sp³-hybridized carbons (Fsp3) is 0.462. The van der Waals surface area contributed by atoms with E-state index in [1.54, 1.807) is 6.07 Å². The van der Waals surface area contributed by atoms with Crippen LogP contribution in [0.5, 0.6) is 0 Å². The molecule has 6 nitrogen and oxygen atoms in total. The summed E-state index contributed by atoms with van der Waals surface area (Å²) in [5, 5.41) is 9.04. The van der Waals surface area contributed by atoms with Crippen LogP contribution in [-0.4, -0.2) is 25.8 Å². The fourth-order valence-corrected chi connectivity index (χ4v) is 3.72. The highest BCUT2D eigenvalue weighted by Crippen LogP contribution is 2.23. The summed E-state index contributed by atoms with van der Waals surface area (Å²) in [5.74, 6) is 0.349. The van der Waals surface area contributed by atoms with Gasteiger partial charge in [0.05, 0.1) is 11.3 Å². The van der Waals surface area contributed by atoms with Crippen molar-refractivity contribution in [3.05, 3.63) is 23.8 Å². The van der Waals surface area contributed by atoms with Crippen LogP contribution in [0.15, 0.2) is 18.2 Å². The summed E-state index contributed by atoms with van der Waals surface area (Å²) < 4.78 is 28.6. The van der Waals surface area contributed by atoms with Gasteiger partial charge in [0.2, 0.25) is 0 Å². The maximum atomic E-state index is 12.3. The molecule has 1 fully saturated rings. The van der Waals surface area contributed by atoms with Crippen molar-refractivity contribution in [2.24, 2.45) is 5.92 Å². The number of hydrogen-bond acceptors (Lipinski definition) is 4. The van der Waals surface area contributed by atoms with Crippen molar-refractivity contribution in [3.8, 4) is 6.07 Å². The Hall–Kier alpha value is -1.78. The number of benzene rings is 1. The lowest BCUT2D eigenvalue weighted by Crippen LogP contribution is -2.42. The Kier molecular flexibility index (Phi) is 4.16. The average molecular weight is 294 g/mol. The number of anilines is 2. The molecule has 1 heterocycles. The van der Waals surface area contributed by atoms with E-state index in [9.17, 15) is 8.42 Å². The van der Waals surface area contributed by atoms with Crippen molar-refractivity contribution >= 4 is 21.6 Å². The monoisotopic (exact) mass is 294 g/mol. The third-order valence-electron chi connectivity index (χ3n) is 3.36. The van der Waals surface area contributed by atoms with Crippen molar-refractivity contribution in [2.45, 2.75) is 19.8 Å². The van der Waals surface area contributed by atoms with E-state index in [0.717, 1.165) is 12.8 Å². The molecule has 0 bridgehead atoms. The number of nitrogens with one attached hydrogen (secondary N) is 1. The van der Waals surface area contributed by atoms with Gasteiger partial charge < -0.3 is 5.73 Å². The molecule has 1 aliphatic rings. The molecule has 108 valence electrons. The Morgan fingerprint density at radius 2 is 2.25 bits per heavy atom. The molecule has 1 aromatic carbocycles. The minimum atomic E-state index is -3.62. The minimum Gasteiger partial charge on any atom is -0.399 e. The van der Waals surface area contributed by atoms with Crippen LogP contribution in [0.2, 0.25) is 0 Å². The van der Waals surface area contributed by atoms with Gasteiger partial charge in [0, 0.05) is 18.8 Å². The van der Waals surface area contributed by atoms with E-state index in [0.29, 0.717) is 24.7 Å². The molecule has 0 amide bonds. The molecule has 0 saturated carbocycles. The molecule has 1 aromatic rings. The van der Waals surface area contributed by atoms with Crippen LogP contribution < -0.4 is 10.5 Å². The Morgan fingerprint density at radius 1 is 1.50 bits per heavy atom. The quantitative estimate of drug-likeness (QED) is 0.826. The van der Waals surface area contributed by atoms with Gasteiger partial charge in [-0.05, 0) is 37.0 Å². The molecular formula is C13H18N4O2S. The van der Waals surface area contributed by atoms with Crippen LogP contribution in [0.4, 0.5) is 11.4 Å². The van der Waals surface area contributed by atoms with E-state index in [1.165, 1.54) is 16.4 Å². The van der Waals surface area contributed by atoms with Crippen LogP contribution in [-0.2, 0) is 10.2 Å². The van der Waals surface area contributed by atoms with Crippen LogP contribution in [0.1, 0.15) is 25.3 Å². The SMILES string of the molecule is CC1CCCN(S(=O)(=O)Nc2ccc(N)cc2C#N)C1. The van der Waals surface area contributed by atoms with Crippen molar-refractivity contribution in [2.75, 3.05) is 23.5 Å². The predicted molar refractivity (Wildman–Crippen MR) is 78.1 cm³/mol. The van der Waals surface area contributed by atoms with Gasteiger partial charge in [-0.2, -0.15) is 18.0 Å². The Morgan fingerprint density at radius 3 is 2.90 bits per heavy atom. The van der Waals surface area contributed by atoms with Crippen molar-refractivity contribution in [1.82, 2.24) is 4.31 Å². The molecule has 1 aliphatic heterocycles. The first-order chi connectivity index (χ1) is 9.42. The highest BCUT2D eigenvalue weighted by Gasteiger charge is 2.27. The van der Waals surface area contributed by atoms with Crippen molar-refractivity contribution < 1.29 is 8.42 Å². The zero-order valence-electron chi connectivity index (χ0n) is 11.3. The second kappa shape index (κ2) is 5.69. The molecule has 7 heteroatoms. The molecule has 2 rings (SSSR count). The molecule has 1 atom stereocenters. The molecule has 0 aliphatic carbocycles. The largest absolute Gasteiger partial charge is 0.399 e. The number of nitriles is 1. The second-order valence-corrected chi connectivity index (χ2v) is 6.80. The van der Waals surface area contributed by atoms with E-state index in [2.05, 4.69) is 4.72 Å². The van der Waals surface area contributed by atoms with Gasteiger partial charge in [-0.25, -0.2) is 0 Å². The standard InChI is InChI=1S/C13H18N4O2S/c1-10-3-2-6-17(9-10)20(18,19)16-13-5-4-12(15)7-11(13)8-14/h4-5,7,10,16H,2-3,6,9,15H2,1H3. The first kappa shape index (κ1) is 14.6. The van der Waals surface area contributed by atoms with Gasteiger partial charge in [-0.3, -0.25) is 4.72 Å². The Balaban J connectivity index is 2.22. The molecular weight excluding hydrogens is 276 g/mol. The minimum absolute atomic E-state index is 0.221. The molecule has 3 N–H and O–H groups in total. The highest BCUT2D eigenvalue weighted by atomic mass is 32.2. The Labute approximate surface area is 119 Å². The molecule has 1 unspecified atom stereocenters. The van der Waals surface area contributed by atoms with Crippen LogP contribution in [0, 0.1) is 17.2 Å². The Bertz CT molecular complexity index is 636. The lowest BCUT2D eigenvalue weighted by atomic mass is 10.0. The number of piperidine rings is 1. The topological polar surface area (TPSA) is 99.2 Å². The number of nitrogen functional groups attached to an aromatic ring is 1. The third-order valence-corrected chi connectivity index (χ3v) is 4.85. The van der Waals surface area contributed by atoms with E-state index >= 15 is 0 Å². The van der Waals surface area contributed by atoms with Gasteiger partial charge in [0.1, 0.15) is 6.07 Å². The summed E-state index contributed by atoms with van der Waals surface area (Å²) in [6.07, 6.45) is 1.90. The highest BCUT2D eigenvalue weighted by molar-refractivity contribution is 7.90. The van der Waals surface area contributed by atoms with E-state index in [-0.39, 0.29) is 11.3 Å². The number of rotatable bonds is 3. The maximum absolute atomic E-state index is 12.3. The first-order valence-corrected chi connectivity index (χ1v) is 7.94. The molecule has 0 spiro atoms. The van der Waals surface area contributed by atoms with Gasteiger partial charge in [-0.15, -0.1) is 0 Å². The number of hydrogen-bond donors (Lipinski definition) is 2. The molecule has 0 aromatic heterocycles. The summed E-state index contributed by atoms with van der Waals surface area (Å²) in [5.41, 5.74) is 6.50. The van der Waals surface area contributed by atoms with Crippen LogP contribution in [0.25, 0.3) is 0 Å². The van der Waals surface area contributed by atoms with Gasteiger partial charge >= 0.3 is 10.2 Å². The van der Waals surface area contributed by atoms with Gasteiger partial charge in [-0.1, -0.05) is 6.92 Å². The lowest BCUT2D eigenvalue weighted by Gasteiger charge is -2.30. The maximum Gasteiger partial charge on any atom is 0.301 e. The first-order valence-electron chi connectivity index (χ1n) is 6.50.